The summed E-state index contributed by atoms with van der Waals surface area (Å²) in [6, 6.07) is 17.2. The average molecular weight is 415 g/mol. The van der Waals surface area contributed by atoms with Crippen LogP contribution in [0.15, 0.2) is 60.2 Å². The second-order valence-corrected chi connectivity index (χ2v) is 6.87. The van der Waals surface area contributed by atoms with Crippen molar-refractivity contribution in [1.82, 2.24) is 4.57 Å². The lowest BCUT2D eigenvalue weighted by Gasteiger charge is -2.10. The normalized spacial score (nSPS) is 11.0. The van der Waals surface area contributed by atoms with E-state index in [0.717, 1.165) is 11.4 Å². The Hall–Kier alpha value is -4.31. The quantitative estimate of drug-likeness (QED) is 0.460. The smallest absolute Gasteiger partial charge is 0.335 e. The number of carboxylic acid groups (broad SMARTS) is 1. The number of rotatable bonds is 6. The summed E-state index contributed by atoms with van der Waals surface area (Å²) in [4.78, 5) is 23.9. The fourth-order valence-corrected chi connectivity index (χ4v) is 3.29. The maximum Gasteiger partial charge on any atom is 0.335 e. The highest BCUT2D eigenvalue weighted by atomic mass is 16.5. The fourth-order valence-electron chi connectivity index (χ4n) is 3.29. The molecule has 1 amide bonds. The maximum atomic E-state index is 12.6. The number of carboxylic acids is 1. The van der Waals surface area contributed by atoms with Crippen LogP contribution in [0.4, 0.5) is 5.69 Å². The van der Waals surface area contributed by atoms with Crippen molar-refractivity contribution < 1.29 is 19.4 Å². The number of nitriles is 1. The highest BCUT2D eigenvalue weighted by molar-refractivity contribution is 6.09. The Morgan fingerprint density at radius 2 is 1.84 bits per heavy atom. The van der Waals surface area contributed by atoms with Gasteiger partial charge in [0.2, 0.25) is 0 Å². The van der Waals surface area contributed by atoms with E-state index in [-0.39, 0.29) is 11.1 Å². The van der Waals surface area contributed by atoms with E-state index in [1.807, 2.05) is 36.6 Å². The standard InChI is InChI=1S/C24H21N3O4/c1-15-11-18(16(2)27(15)21-6-4-5-17(13-21)24(29)30)12-19(14-25)23(28)26-20-7-9-22(31-3)10-8-20/h4-13H,1-3H3,(H,26,28)(H,29,30)/b19-12-. The number of amides is 1. The first-order valence-electron chi connectivity index (χ1n) is 9.44. The number of carbonyl (C=O) groups excluding carboxylic acids is 1. The number of nitrogens with one attached hydrogen (secondary N) is 1. The molecule has 0 atom stereocenters. The van der Waals surface area contributed by atoms with E-state index in [4.69, 9.17) is 4.74 Å². The summed E-state index contributed by atoms with van der Waals surface area (Å²) in [6.07, 6.45) is 1.53. The molecule has 0 unspecified atom stereocenters. The molecule has 0 bridgehead atoms. The molecule has 1 aromatic heterocycles. The Bertz CT molecular complexity index is 1210. The number of aryl methyl sites for hydroxylation is 1. The molecule has 7 heteroatoms. The van der Waals surface area contributed by atoms with Crippen molar-refractivity contribution in [2.45, 2.75) is 13.8 Å². The molecule has 0 aliphatic rings. The van der Waals surface area contributed by atoms with Crippen molar-refractivity contribution in [1.29, 1.82) is 5.26 Å². The Labute approximate surface area is 179 Å². The van der Waals surface area contributed by atoms with Crippen molar-refractivity contribution in [3.05, 3.63) is 82.7 Å². The minimum atomic E-state index is -1.01. The van der Waals surface area contributed by atoms with Gasteiger partial charge in [-0.3, -0.25) is 4.79 Å². The van der Waals surface area contributed by atoms with E-state index in [2.05, 4.69) is 5.32 Å². The molecule has 3 aromatic rings. The zero-order chi connectivity index (χ0) is 22.5. The molecule has 31 heavy (non-hydrogen) atoms. The minimum Gasteiger partial charge on any atom is -0.497 e. The van der Waals surface area contributed by atoms with Crippen LogP contribution in [-0.4, -0.2) is 28.7 Å². The molecule has 0 saturated carbocycles. The van der Waals surface area contributed by atoms with E-state index in [9.17, 15) is 20.0 Å². The lowest BCUT2D eigenvalue weighted by Crippen LogP contribution is -2.13. The molecule has 1 heterocycles. The Balaban J connectivity index is 1.92. The van der Waals surface area contributed by atoms with Crippen molar-refractivity contribution in [3.8, 4) is 17.5 Å². The molecule has 156 valence electrons. The van der Waals surface area contributed by atoms with Crippen LogP contribution in [0.3, 0.4) is 0 Å². The first-order valence-corrected chi connectivity index (χ1v) is 9.44. The van der Waals surface area contributed by atoms with E-state index in [1.54, 1.807) is 43.5 Å². The number of hydrogen-bond acceptors (Lipinski definition) is 4. The molecule has 0 aliphatic carbocycles. The van der Waals surface area contributed by atoms with Gasteiger partial charge in [0.05, 0.1) is 12.7 Å². The first kappa shape index (κ1) is 21.4. The topological polar surface area (TPSA) is 104 Å². The largest absolute Gasteiger partial charge is 0.497 e. The van der Waals surface area contributed by atoms with Crippen molar-refractivity contribution in [2.24, 2.45) is 0 Å². The van der Waals surface area contributed by atoms with E-state index >= 15 is 0 Å². The van der Waals surface area contributed by atoms with Gasteiger partial charge in [-0.2, -0.15) is 5.26 Å². The summed E-state index contributed by atoms with van der Waals surface area (Å²) in [5.41, 5.74) is 3.69. The van der Waals surface area contributed by atoms with Gasteiger partial charge < -0.3 is 19.7 Å². The van der Waals surface area contributed by atoms with Crippen LogP contribution < -0.4 is 10.1 Å². The third-order valence-electron chi connectivity index (χ3n) is 4.83. The van der Waals surface area contributed by atoms with Crippen LogP contribution in [0.1, 0.15) is 27.3 Å². The molecule has 3 rings (SSSR count). The van der Waals surface area contributed by atoms with Gasteiger partial charge in [0.25, 0.3) is 5.91 Å². The molecule has 0 spiro atoms. The summed E-state index contributed by atoms with van der Waals surface area (Å²) in [7, 11) is 1.55. The Morgan fingerprint density at radius 1 is 1.13 bits per heavy atom. The molecule has 0 aliphatic heterocycles. The molecule has 7 nitrogen and oxygen atoms in total. The van der Waals surface area contributed by atoms with Crippen LogP contribution in [0.25, 0.3) is 11.8 Å². The molecule has 0 saturated heterocycles. The van der Waals surface area contributed by atoms with Crippen LogP contribution in [0.5, 0.6) is 5.75 Å². The Morgan fingerprint density at radius 3 is 2.45 bits per heavy atom. The van der Waals surface area contributed by atoms with Crippen molar-refractivity contribution in [2.75, 3.05) is 12.4 Å². The van der Waals surface area contributed by atoms with Gasteiger partial charge in [-0.05, 0) is 74.0 Å². The average Bonchev–Trinajstić information content (AvgIpc) is 3.05. The van der Waals surface area contributed by atoms with Gasteiger partial charge in [0.15, 0.2) is 0 Å². The van der Waals surface area contributed by atoms with Crippen molar-refractivity contribution >= 4 is 23.6 Å². The lowest BCUT2D eigenvalue weighted by molar-refractivity contribution is -0.112. The zero-order valence-electron chi connectivity index (χ0n) is 17.3. The molecule has 2 aromatic carbocycles. The predicted molar refractivity (Wildman–Crippen MR) is 117 cm³/mol. The van der Waals surface area contributed by atoms with Gasteiger partial charge in [-0.1, -0.05) is 6.07 Å². The monoisotopic (exact) mass is 415 g/mol. The van der Waals surface area contributed by atoms with Crippen LogP contribution in [0.2, 0.25) is 0 Å². The number of carbonyl (C=O) groups is 2. The maximum absolute atomic E-state index is 12.6. The van der Waals surface area contributed by atoms with E-state index in [0.29, 0.717) is 22.7 Å². The SMILES string of the molecule is COc1ccc(NC(=O)/C(C#N)=C\c2cc(C)n(-c3cccc(C(=O)O)c3)c2C)cc1. The summed E-state index contributed by atoms with van der Waals surface area (Å²) in [6.45, 7) is 3.73. The zero-order valence-corrected chi connectivity index (χ0v) is 17.3. The van der Waals surface area contributed by atoms with Gasteiger partial charge in [0, 0.05) is 22.8 Å². The minimum absolute atomic E-state index is 0.0460. The number of aromatic carboxylic acids is 1. The Kier molecular flexibility index (Phi) is 6.22. The number of ether oxygens (including phenoxy) is 1. The van der Waals surface area contributed by atoms with Crippen molar-refractivity contribution in [3.63, 3.8) is 0 Å². The fraction of sp³-hybridized carbons (Fsp3) is 0.125. The number of hydrogen-bond donors (Lipinski definition) is 2. The lowest BCUT2D eigenvalue weighted by atomic mass is 10.1. The molecular weight excluding hydrogens is 394 g/mol. The van der Waals surface area contributed by atoms with Crippen LogP contribution >= 0.6 is 0 Å². The second kappa shape index (κ2) is 9.01. The van der Waals surface area contributed by atoms with E-state index in [1.165, 1.54) is 12.1 Å². The van der Waals surface area contributed by atoms with Crippen LogP contribution in [0, 0.1) is 25.2 Å². The van der Waals surface area contributed by atoms with Gasteiger partial charge >= 0.3 is 5.97 Å². The summed E-state index contributed by atoms with van der Waals surface area (Å²) >= 11 is 0. The predicted octanol–water partition coefficient (Wildman–Crippen LogP) is 4.35. The third kappa shape index (κ3) is 4.65. The van der Waals surface area contributed by atoms with Gasteiger partial charge in [0.1, 0.15) is 17.4 Å². The molecular formula is C24H21N3O4. The highest BCUT2D eigenvalue weighted by Crippen LogP contribution is 2.24. The van der Waals surface area contributed by atoms with Gasteiger partial charge in [-0.15, -0.1) is 0 Å². The van der Waals surface area contributed by atoms with Crippen LogP contribution in [-0.2, 0) is 4.79 Å². The summed E-state index contributed by atoms with van der Waals surface area (Å²) in [5, 5.41) is 21.5. The summed E-state index contributed by atoms with van der Waals surface area (Å²) < 4.78 is 6.98. The second-order valence-electron chi connectivity index (χ2n) is 6.87. The molecule has 2 N–H and O–H groups in total. The number of methoxy groups -OCH3 is 1. The van der Waals surface area contributed by atoms with Gasteiger partial charge in [-0.25, -0.2) is 4.79 Å². The summed E-state index contributed by atoms with van der Waals surface area (Å²) in [5.74, 6) is -0.870. The highest BCUT2D eigenvalue weighted by Gasteiger charge is 2.15. The first-order chi connectivity index (χ1) is 14.8. The molecule has 0 radical (unpaired) electrons. The number of nitrogens with zero attached hydrogens (tertiary/aromatic N) is 2. The number of aromatic nitrogens is 1. The van der Waals surface area contributed by atoms with E-state index < -0.39 is 11.9 Å². The third-order valence-corrected chi connectivity index (χ3v) is 4.83. The molecule has 0 fully saturated rings. The number of anilines is 1. The number of benzene rings is 2.